The molecule has 7 heteroatoms. The van der Waals surface area contributed by atoms with E-state index in [9.17, 15) is 13.2 Å². The number of carbonyl (C=O) groups excluding carboxylic acids is 1. The number of carbonyl (C=O) groups is 1. The molecule has 0 atom stereocenters. The van der Waals surface area contributed by atoms with Crippen LogP contribution in [0.2, 0.25) is 0 Å². The van der Waals surface area contributed by atoms with E-state index in [1.165, 1.54) is 6.07 Å². The predicted octanol–water partition coefficient (Wildman–Crippen LogP) is 2.69. The molecule has 0 bridgehead atoms. The molecule has 0 aliphatic heterocycles. The van der Waals surface area contributed by atoms with Gasteiger partial charge in [0, 0.05) is 6.04 Å². The number of amides is 1. The van der Waals surface area contributed by atoms with E-state index in [0.717, 1.165) is 11.3 Å². The van der Waals surface area contributed by atoms with E-state index in [0.29, 0.717) is 5.56 Å². The molecule has 2 aromatic rings. The minimum atomic E-state index is -3.67. The van der Waals surface area contributed by atoms with Crippen molar-refractivity contribution in [2.45, 2.75) is 24.1 Å². The minimum absolute atomic E-state index is 0.0283. The van der Waals surface area contributed by atoms with Crippen LogP contribution in [0.25, 0.3) is 0 Å². The van der Waals surface area contributed by atoms with Crippen molar-refractivity contribution < 1.29 is 13.2 Å². The van der Waals surface area contributed by atoms with Crippen molar-refractivity contribution in [2.75, 3.05) is 4.72 Å². The normalized spacial score (nSPS) is 11.4. The molecule has 5 nitrogen and oxygen atoms in total. The number of para-hydroxylation sites is 1. The third-order valence-corrected chi connectivity index (χ3v) is 5.36. The topological polar surface area (TPSA) is 75.3 Å². The standard InChI is InChI=1S/C14H16N2O3S2/c1-10(2)15-14(17)11-6-3-4-7-12(11)16-21(18,19)13-8-5-9-20-13/h3-10,16H,1-2H3,(H,15,17). The van der Waals surface area contributed by atoms with E-state index in [-0.39, 0.29) is 21.8 Å². The Morgan fingerprint density at radius 1 is 1.14 bits per heavy atom. The number of hydrogen-bond donors (Lipinski definition) is 2. The Balaban J connectivity index is 2.31. The molecule has 0 saturated carbocycles. The summed E-state index contributed by atoms with van der Waals surface area (Å²) in [4.78, 5) is 12.1. The van der Waals surface area contributed by atoms with Crippen molar-refractivity contribution in [3.63, 3.8) is 0 Å². The molecule has 2 N–H and O–H groups in total. The number of thiophene rings is 1. The molecule has 1 amide bonds. The van der Waals surface area contributed by atoms with Crippen molar-refractivity contribution in [3.8, 4) is 0 Å². The van der Waals surface area contributed by atoms with Gasteiger partial charge in [-0.3, -0.25) is 9.52 Å². The quantitative estimate of drug-likeness (QED) is 0.888. The molecule has 0 unspecified atom stereocenters. The lowest BCUT2D eigenvalue weighted by atomic mass is 10.1. The molecule has 0 saturated heterocycles. The molecule has 1 heterocycles. The Bertz CT molecular complexity index is 722. The smallest absolute Gasteiger partial charge is 0.271 e. The van der Waals surface area contributed by atoms with Gasteiger partial charge in [-0.05, 0) is 37.4 Å². The molecule has 2 rings (SSSR count). The maximum absolute atomic E-state index is 12.2. The average molecular weight is 324 g/mol. The molecule has 0 radical (unpaired) electrons. The van der Waals surface area contributed by atoms with Crippen molar-refractivity contribution in [1.29, 1.82) is 0 Å². The summed E-state index contributed by atoms with van der Waals surface area (Å²) in [7, 11) is -3.67. The molecule has 0 fully saturated rings. The largest absolute Gasteiger partial charge is 0.350 e. The first kappa shape index (κ1) is 15.5. The van der Waals surface area contributed by atoms with Gasteiger partial charge in [0.1, 0.15) is 4.21 Å². The third kappa shape index (κ3) is 3.83. The SMILES string of the molecule is CC(C)NC(=O)c1ccccc1NS(=O)(=O)c1cccs1. The fourth-order valence-electron chi connectivity index (χ4n) is 1.72. The van der Waals surface area contributed by atoms with Gasteiger partial charge in [0.05, 0.1) is 11.3 Å². The van der Waals surface area contributed by atoms with Gasteiger partial charge >= 0.3 is 0 Å². The molecular weight excluding hydrogens is 308 g/mol. The first-order valence-corrected chi connectivity index (χ1v) is 8.72. The summed E-state index contributed by atoms with van der Waals surface area (Å²) >= 11 is 1.12. The molecule has 21 heavy (non-hydrogen) atoms. The van der Waals surface area contributed by atoms with Crippen LogP contribution in [0, 0.1) is 0 Å². The van der Waals surface area contributed by atoms with Crippen molar-refractivity contribution >= 4 is 33.0 Å². The lowest BCUT2D eigenvalue weighted by Crippen LogP contribution is -2.31. The highest BCUT2D eigenvalue weighted by Crippen LogP contribution is 2.22. The zero-order valence-corrected chi connectivity index (χ0v) is 13.3. The van der Waals surface area contributed by atoms with Gasteiger partial charge in [0.2, 0.25) is 0 Å². The Morgan fingerprint density at radius 2 is 1.86 bits per heavy atom. The molecule has 1 aromatic heterocycles. The number of hydrogen-bond acceptors (Lipinski definition) is 4. The highest BCUT2D eigenvalue weighted by Gasteiger charge is 2.19. The van der Waals surface area contributed by atoms with Gasteiger partial charge in [-0.2, -0.15) is 0 Å². The van der Waals surface area contributed by atoms with Crippen LogP contribution in [0.3, 0.4) is 0 Å². The van der Waals surface area contributed by atoms with Crippen LogP contribution in [0.1, 0.15) is 24.2 Å². The fraction of sp³-hybridized carbons (Fsp3) is 0.214. The zero-order chi connectivity index (χ0) is 15.5. The van der Waals surface area contributed by atoms with Crippen molar-refractivity contribution in [2.24, 2.45) is 0 Å². The van der Waals surface area contributed by atoms with Crippen LogP contribution in [0.15, 0.2) is 46.0 Å². The first-order valence-electron chi connectivity index (χ1n) is 6.36. The van der Waals surface area contributed by atoms with Crippen molar-refractivity contribution in [3.05, 3.63) is 47.3 Å². The van der Waals surface area contributed by atoms with Crippen LogP contribution in [-0.2, 0) is 10.0 Å². The van der Waals surface area contributed by atoms with Gasteiger partial charge in [0.15, 0.2) is 0 Å². The number of benzene rings is 1. The summed E-state index contributed by atoms with van der Waals surface area (Å²) in [5, 5.41) is 4.44. The second-order valence-electron chi connectivity index (χ2n) is 4.71. The van der Waals surface area contributed by atoms with Crippen LogP contribution < -0.4 is 10.0 Å². The Morgan fingerprint density at radius 3 is 2.48 bits per heavy atom. The van der Waals surface area contributed by atoms with E-state index in [1.807, 2.05) is 13.8 Å². The summed E-state index contributed by atoms with van der Waals surface area (Å²) in [6, 6.07) is 9.68. The highest BCUT2D eigenvalue weighted by molar-refractivity contribution is 7.94. The van der Waals surface area contributed by atoms with E-state index in [2.05, 4.69) is 10.0 Å². The Hall–Kier alpha value is -1.86. The van der Waals surface area contributed by atoms with E-state index in [4.69, 9.17) is 0 Å². The van der Waals surface area contributed by atoms with Crippen LogP contribution >= 0.6 is 11.3 Å². The third-order valence-electron chi connectivity index (χ3n) is 2.60. The maximum atomic E-state index is 12.2. The predicted molar refractivity (Wildman–Crippen MR) is 84.2 cm³/mol. The summed E-state index contributed by atoms with van der Waals surface area (Å²) in [5.41, 5.74) is 0.565. The number of sulfonamides is 1. The molecule has 0 spiro atoms. The van der Waals surface area contributed by atoms with Gasteiger partial charge in [0.25, 0.3) is 15.9 Å². The van der Waals surface area contributed by atoms with E-state index in [1.54, 1.807) is 35.7 Å². The maximum Gasteiger partial charge on any atom is 0.271 e. The number of anilines is 1. The zero-order valence-electron chi connectivity index (χ0n) is 11.7. The number of nitrogens with one attached hydrogen (secondary N) is 2. The van der Waals surface area contributed by atoms with Gasteiger partial charge in [-0.25, -0.2) is 8.42 Å². The Kier molecular flexibility index (Phi) is 4.64. The van der Waals surface area contributed by atoms with Gasteiger partial charge in [-0.1, -0.05) is 18.2 Å². The highest BCUT2D eigenvalue weighted by atomic mass is 32.2. The Labute approximate surface area is 128 Å². The molecule has 112 valence electrons. The number of rotatable bonds is 5. The van der Waals surface area contributed by atoms with Crippen LogP contribution in [0.4, 0.5) is 5.69 Å². The average Bonchev–Trinajstić information content (AvgIpc) is 2.92. The second kappa shape index (κ2) is 6.28. The monoisotopic (exact) mass is 324 g/mol. The molecule has 0 aliphatic rings. The lowest BCUT2D eigenvalue weighted by Gasteiger charge is -2.13. The summed E-state index contributed by atoms with van der Waals surface area (Å²) < 4.78 is 27.1. The van der Waals surface area contributed by atoms with Gasteiger partial charge < -0.3 is 5.32 Å². The summed E-state index contributed by atoms with van der Waals surface area (Å²) in [6.07, 6.45) is 0. The summed E-state index contributed by atoms with van der Waals surface area (Å²) in [6.45, 7) is 3.69. The van der Waals surface area contributed by atoms with E-state index < -0.39 is 10.0 Å². The molecule has 1 aromatic carbocycles. The second-order valence-corrected chi connectivity index (χ2v) is 7.57. The van der Waals surface area contributed by atoms with Crippen molar-refractivity contribution in [1.82, 2.24) is 5.32 Å². The summed E-state index contributed by atoms with van der Waals surface area (Å²) in [5.74, 6) is -0.311. The van der Waals surface area contributed by atoms with E-state index >= 15 is 0 Å². The fourth-order valence-corrected chi connectivity index (χ4v) is 3.79. The lowest BCUT2D eigenvalue weighted by molar-refractivity contribution is 0.0944. The van der Waals surface area contributed by atoms with Gasteiger partial charge in [-0.15, -0.1) is 11.3 Å². The molecular formula is C14H16N2O3S2. The first-order chi connectivity index (χ1) is 9.90. The minimum Gasteiger partial charge on any atom is -0.350 e. The molecule has 0 aliphatic carbocycles. The van der Waals surface area contributed by atoms with Crippen LogP contribution in [0.5, 0.6) is 0 Å². The van der Waals surface area contributed by atoms with Crippen LogP contribution in [-0.4, -0.2) is 20.4 Å².